The lowest BCUT2D eigenvalue weighted by Gasteiger charge is -2.24. The quantitative estimate of drug-likeness (QED) is 0.695. The number of aromatic nitrogens is 1. The average molecular weight is 378 g/mol. The molecule has 4 nitrogen and oxygen atoms in total. The Morgan fingerprint density at radius 1 is 1.22 bits per heavy atom. The van der Waals surface area contributed by atoms with Crippen LogP contribution in [-0.2, 0) is 11.0 Å². The van der Waals surface area contributed by atoms with E-state index in [9.17, 15) is 23.1 Å². The van der Waals surface area contributed by atoms with Crippen LogP contribution in [0.15, 0.2) is 40.7 Å². The fourth-order valence-electron chi connectivity index (χ4n) is 3.31. The lowest BCUT2D eigenvalue weighted by Crippen LogP contribution is -2.21. The maximum absolute atomic E-state index is 13.4. The van der Waals surface area contributed by atoms with Gasteiger partial charge in [-0.15, -0.1) is 0 Å². The smallest absolute Gasteiger partial charge is 0.418 e. The van der Waals surface area contributed by atoms with Gasteiger partial charge in [0.2, 0.25) is 0 Å². The number of fused-ring (bicyclic) bond motifs is 1. The van der Waals surface area contributed by atoms with E-state index in [1.807, 2.05) is 20.8 Å². The van der Waals surface area contributed by atoms with E-state index in [2.05, 4.69) is 9.98 Å². The molecule has 3 rings (SSSR count). The number of ketones is 1. The summed E-state index contributed by atoms with van der Waals surface area (Å²) in [5, 5.41) is 10.4. The Morgan fingerprint density at radius 3 is 2.52 bits per heavy atom. The summed E-state index contributed by atoms with van der Waals surface area (Å²) >= 11 is 0. The van der Waals surface area contributed by atoms with Crippen molar-refractivity contribution in [3.63, 3.8) is 0 Å². The van der Waals surface area contributed by atoms with Crippen LogP contribution in [0.3, 0.4) is 0 Å². The van der Waals surface area contributed by atoms with E-state index in [0.29, 0.717) is 11.1 Å². The first-order chi connectivity index (χ1) is 12.5. The predicted molar refractivity (Wildman–Crippen MR) is 98.2 cm³/mol. The van der Waals surface area contributed by atoms with Crippen LogP contribution in [0.4, 0.5) is 13.2 Å². The molecule has 0 radical (unpaired) electrons. The maximum Gasteiger partial charge on any atom is 0.418 e. The van der Waals surface area contributed by atoms with Gasteiger partial charge >= 0.3 is 6.18 Å². The van der Waals surface area contributed by atoms with Gasteiger partial charge in [-0.1, -0.05) is 12.1 Å². The van der Waals surface area contributed by atoms with Gasteiger partial charge in [-0.2, -0.15) is 13.2 Å². The Hall–Kier alpha value is -2.57. The summed E-state index contributed by atoms with van der Waals surface area (Å²) in [5.41, 5.74) is -0.255. The minimum absolute atomic E-state index is 0.0249. The van der Waals surface area contributed by atoms with Gasteiger partial charge < -0.3 is 10.1 Å². The molecule has 1 aliphatic rings. The van der Waals surface area contributed by atoms with Gasteiger partial charge in [-0.05, 0) is 38.3 Å². The fourth-order valence-corrected chi connectivity index (χ4v) is 3.31. The third-order valence-electron chi connectivity index (χ3n) is 4.55. The van der Waals surface area contributed by atoms with Gasteiger partial charge in [0, 0.05) is 36.2 Å². The highest BCUT2D eigenvalue weighted by atomic mass is 19.4. The zero-order chi connectivity index (χ0) is 20.0. The number of benzene rings is 1. The number of nitrogens with zero attached hydrogens (tertiary/aromatic N) is 1. The van der Waals surface area contributed by atoms with Crippen molar-refractivity contribution in [3.8, 4) is 0 Å². The first kappa shape index (κ1) is 19.2. The third-order valence-corrected chi connectivity index (χ3v) is 4.55. The molecule has 2 N–H and O–H groups in total. The zero-order valence-corrected chi connectivity index (χ0v) is 15.3. The van der Waals surface area contributed by atoms with E-state index in [4.69, 9.17) is 0 Å². The van der Waals surface area contributed by atoms with E-state index in [1.54, 1.807) is 18.2 Å². The second-order valence-corrected chi connectivity index (χ2v) is 7.79. The largest absolute Gasteiger partial charge is 0.511 e. The molecule has 1 atom stereocenters. The number of carbonyl (C=O) groups is 1. The molecule has 1 aromatic heterocycles. The molecule has 7 heteroatoms. The first-order valence-corrected chi connectivity index (χ1v) is 8.65. The molecule has 1 aromatic carbocycles. The van der Waals surface area contributed by atoms with Crippen LogP contribution in [0.5, 0.6) is 0 Å². The van der Waals surface area contributed by atoms with Crippen LogP contribution in [0.2, 0.25) is 0 Å². The molecule has 0 saturated carbocycles. The van der Waals surface area contributed by atoms with Crippen LogP contribution in [0.25, 0.3) is 10.9 Å². The molecule has 0 amide bonds. The van der Waals surface area contributed by atoms with Crippen molar-refractivity contribution in [2.75, 3.05) is 0 Å². The molecule has 0 saturated heterocycles. The van der Waals surface area contributed by atoms with Crippen LogP contribution < -0.4 is 0 Å². The summed E-state index contributed by atoms with van der Waals surface area (Å²) in [6.45, 7) is 5.59. The number of H-pyrrole nitrogens is 1. The number of aliphatic hydroxyl groups excluding tert-OH is 1. The monoisotopic (exact) mass is 378 g/mol. The molecule has 144 valence electrons. The highest BCUT2D eigenvalue weighted by Gasteiger charge is 2.36. The molecule has 0 bridgehead atoms. The molecular formula is C20H21F3N2O2. The van der Waals surface area contributed by atoms with E-state index < -0.39 is 23.2 Å². The summed E-state index contributed by atoms with van der Waals surface area (Å²) in [5.74, 6) is -0.979. The van der Waals surface area contributed by atoms with Crippen LogP contribution >= 0.6 is 0 Å². The number of aliphatic hydroxyl groups is 1. The second-order valence-electron chi connectivity index (χ2n) is 7.79. The Morgan fingerprint density at radius 2 is 1.93 bits per heavy atom. The molecule has 2 aromatic rings. The normalized spacial score (nSPS) is 19.5. The van der Waals surface area contributed by atoms with Gasteiger partial charge in [0.05, 0.1) is 16.7 Å². The number of hydrogen-bond acceptors (Lipinski definition) is 3. The van der Waals surface area contributed by atoms with Gasteiger partial charge in [-0.25, -0.2) is 0 Å². The lowest BCUT2D eigenvalue weighted by atomic mass is 9.81. The van der Waals surface area contributed by atoms with E-state index in [-0.39, 0.29) is 35.3 Å². The summed E-state index contributed by atoms with van der Waals surface area (Å²) in [4.78, 5) is 19.4. The summed E-state index contributed by atoms with van der Waals surface area (Å²) in [7, 11) is 0. The van der Waals surface area contributed by atoms with Gasteiger partial charge in [0.15, 0.2) is 5.78 Å². The molecule has 0 spiro atoms. The van der Waals surface area contributed by atoms with Crippen molar-refractivity contribution < 1.29 is 23.1 Å². The SMILES string of the molecule is CC(C)(C)N=CC1=C(O)CC(c2cccc3[nH]cc(C(F)(F)F)c23)CC1=O. The molecule has 0 fully saturated rings. The maximum atomic E-state index is 13.4. The number of aliphatic imine (C=N–C) groups is 1. The molecule has 0 aliphatic heterocycles. The number of allylic oxidation sites excluding steroid dienone is 2. The van der Waals surface area contributed by atoms with Crippen molar-refractivity contribution in [2.24, 2.45) is 4.99 Å². The van der Waals surface area contributed by atoms with Gasteiger partial charge in [0.25, 0.3) is 0 Å². The second kappa shape index (κ2) is 6.55. The van der Waals surface area contributed by atoms with Crippen molar-refractivity contribution in [1.29, 1.82) is 0 Å². The highest BCUT2D eigenvalue weighted by Crippen LogP contribution is 2.42. The van der Waals surface area contributed by atoms with Crippen LogP contribution in [-0.4, -0.2) is 27.6 Å². The number of aromatic amines is 1. The summed E-state index contributed by atoms with van der Waals surface area (Å²) in [6.07, 6.45) is -2.08. The fraction of sp³-hybridized carbons (Fsp3) is 0.400. The van der Waals surface area contributed by atoms with Gasteiger partial charge in [-0.3, -0.25) is 9.79 Å². The number of hydrogen-bond donors (Lipinski definition) is 2. The lowest BCUT2D eigenvalue weighted by molar-refractivity contribution is -0.136. The minimum Gasteiger partial charge on any atom is -0.511 e. The Bertz CT molecular complexity index is 946. The number of nitrogens with one attached hydrogen (secondary N) is 1. The molecule has 1 heterocycles. The number of rotatable bonds is 2. The third kappa shape index (κ3) is 3.91. The number of halogens is 3. The number of Topliss-reactive ketones (excluding diaryl/α,β-unsaturated/α-hetero) is 1. The van der Waals surface area contributed by atoms with Crippen molar-refractivity contribution in [2.45, 2.75) is 51.2 Å². The Balaban J connectivity index is 2.03. The summed E-state index contributed by atoms with van der Waals surface area (Å²) < 4.78 is 40.1. The van der Waals surface area contributed by atoms with E-state index >= 15 is 0 Å². The summed E-state index contributed by atoms with van der Waals surface area (Å²) in [6, 6.07) is 4.80. The van der Waals surface area contributed by atoms with E-state index in [0.717, 1.165) is 6.20 Å². The van der Waals surface area contributed by atoms with Crippen molar-refractivity contribution >= 4 is 22.9 Å². The molecule has 27 heavy (non-hydrogen) atoms. The van der Waals surface area contributed by atoms with Gasteiger partial charge in [0.1, 0.15) is 5.76 Å². The Labute approximate surface area is 154 Å². The highest BCUT2D eigenvalue weighted by molar-refractivity contribution is 6.14. The number of alkyl halides is 3. The molecular weight excluding hydrogens is 357 g/mol. The van der Waals surface area contributed by atoms with E-state index in [1.165, 1.54) is 6.21 Å². The average Bonchev–Trinajstić information content (AvgIpc) is 2.97. The zero-order valence-electron chi connectivity index (χ0n) is 15.3. The minimum atomic E-state index is -4.50. The van der Waals surface area contributed by atoms with Crippen molar-refractivity contribution in [1.82, 2.24) is 4.98 Å². The first-order valence-electron chi connectivity index (χ1n) is 8.65. The predicted octanol–water partition coefficient (Wildman–Crippen LogP) is 5.31. The number of carbonyl (C=O) groups excluding carboxylic acids is 1. The topological polar surface area (TPSA) is 65.5 Å². The van der Waals surface area contributed by atoms with Crippen LogP contribution in [0.1, 0.15) is 50.7 Å². The van der Waals surface area contributed by atoms with Crippen molar-refractivity contribution in [3.05, 3.63) is 46.9 Å². The Kier molecular flexibility index (Phi) is 4.66. The van der Waals surface area contributed by atoms with Crippen LogP contribution in [0, 0.1) is 0 Å². The molecule has 1 unspecified atom stereocenters. The standard InChI is InChI=1S/C20H21F3N2O2/c1-19(2,3)25-9-13-16(26)7-11(8-17(13)27)12-5-4-6-15-18(12)14(10-24-15)20(21,22)23/h4-6,9-11,24,26H,7-8H2,1-3H3. The molecule has 1 aliphatic carbocycles.